The van der Waals surface area contributed by atoms with Crippen molar-refractivity contribution in [2.24, 2.45) is 16.3 Å². The van der Waals surface area contributed by atoms with Crippen molar-refractivity contribution < 1.29 is 19.4 Å². The van der Waals surface area contributed by atoms with E-state index in [0.29, 0.717) is 32.9 Å². The Morgan fingerprint density at radius 3 is 2.48 bits per heavy atom. The van der Waals surface area contributed by atoms with E-state index >= 15 is 0 Å². The highest BCUT2D eigenvalue weighted by Gasteiger charge is 2.33. The summed E-state index contributed by atoms with van der Waals surface area (Å²) in [5, 5.41) is 13.5. The average Bonchev–Trinajstić information content (AvgIpc) is 3.34. The molecular weight excluding hydrogens is 568 g/mol. The molecule has 8 heteroatoms. The van der Waals surface area contributed by atoms with Gasteiger partial charge in [0.05, 0.1) is 11.1 Å². The molecule has 0 unspecified atom stereocenters. The molecule has 1 heterocycles. The first-order valence-corrected chi connectivity index (χ1v) is 15.1. The van der Waals surface area contributed by atoms with E-state index in [4.69, 9.17) is 26.4 Å². The first-order chi connectivity index (χ1) is 20.1. The number of carbonyl (C=O) groups excluding carboxylic acids is 1. The number of carbonyl (C=O) groups is 2. The highest BCUT2D eigenvalue weighted by atomic mass is 35.5. The van der Waals surface area contributed by atoms with Crippen LogP contribution in [0.4, 0.5) is 10.7 Å². The van der Waals surface area contributed by atoms with Crippen LogP contribution in [-0.4, -0.2) is 23.2 Å². The summed E-state index contributed by atoms with van der Waals surface area (Å²) in [4.78, 5) is 30.9. The van der Waals surface area contributed by atoms with Gasteiger partial charge in [-0.1, -0.05) is 56.6 Å². The van der Waals surface area contributed by atoms with Gasteiger partial charge in [0.1, 0.15) is 17.4 Å². The number of aromatic carboxylic acids is 1. The summed E-state index contributed by atoms with van der Waals surface area (Å²) in [5.74, 6) is 0.0381. The van der Waals surface area contributed by atoms with E-state index in [1.54, 1.807) is 66.1 Å². The highest BCUT2D eigenvalue weighted by molar-refractivity contribution is 7.16. The monoisotopic (exact) mass is 600 g/mol. The lowest BCUT2D eigenvalue weighted by molar-refractivity contribution is 0.0696. The van der Waals surface area contributed by atoms with Crippen molar-refractivity contribution in [2.75, 3.05) is 5.32 Å². The van der Waals surface area contributed by atoms with E-state index < -0.39 is 5.97 Å². The van der Waals surface area contributed by atoms with Crippen LogP contribution in [-0.2, 0) is 19.4 Å². The maximum Gasteiger partial charge on any atom is 0.335 e. The molecule has 0 fully saturated rings. The van der Waals surface area contributed by atoms with Crippen LogP contribution in [0.2, 0.25) is 5.02 Å². The topological polar surface area (TPSA) is 88.0 Å². The Morgan fingerprint density at radius 2 is 1.79 bits per heavy atom. The van der Waals surface area contributed by atoms with E-state index in [-0.39, 0.29) is 23.5 Å². The van der Waals surface area contributed by atoms with Crippen LogP contribution in [0.5, 0.6) is 5.75 Å². The molecule has 1 atom stereocenters. The van der Waals surface area contributed by atoms with Gasteiger partial charge in [-0.05, 0) is 90.3 Å². The van der Waals surface area contributed by atoms with Gasteiger partial charge in [0.2, 0.25) is 0 Å². The molecular formula is C34H33ClN2O4S. The van der Waals surface area contributed by atoms with Gasteiger partial charge in [-0.25, -0.2) is 9.79 Å². The zero-order chi connectivity index (χ0) is 29.9. The summed E-state index contributed by atoms with van der Waals surface area (Å²) in [5.41, 5.74) is 4.45. The number of carboxylic acids is 1. The molecule has 0 saturated carbocycles. The van der Waals surface area contributed by atoms with E-state index in [1.165, 1.54) is 4.88 Å². The third kappa shape index (κ3) is 6.92. The number of amides is 1. The van der Waals surface area contributed by atoms with E-state index in [1.807, 2.05) is 24.3 Å². The Labute approximate surface area is 255 Å². The van der Waals surface area contributed by atoms with E-state index in [2.05, 4.69) is 26.1 Å². The second-order valence-corrected chi connectivity index (χ2v) is 13.1. The summed E-state index contributed by atoms with van der Waals surface area (Å²) in [6, 6.07) is 21.3. The van der Waals surface area contributed by atoms with Gasteiger partial charge < -0.3 is 15.2 Å². The molecule has 4 aromatic rings. The van der Waals surface area contributed by atoms with Gasteiger partial charge >= 0.3 is 5.97 Å². The number of ether oxygens (including phenoxy) is 1. The van der Waals surface area contributed by atoms with Crippen LogP contribution in [0.1, 0.15) is 69.5 Å². The van der Waals surface area contributed by atoms with Crippen molar-refractivity contribution in [1.29, 1.82) is 0 Å². The molecule has 3 aromatic carbocycles. The predicted molar refractivity (Wildman–Crippen MR) is 170 cm³/mol. The molecule has 0 saturated heterocycles. The van der Waals surface area contributed by atoms with Gasteiger partial charge in [0, 0.05) is 27.4 Å². The largest absolute Gasteiger partial charge is 0.488 e. The Hall–Kier alpha value is -3.94. The fourth-order valence-electron chi connectivity index (χ4n) is 5.11. The molecule has 0 radical (unpaired) electrons. The van der Waals surface area contributed by atoms with Crippen LogP contribution in [0.3, 0.4) is 0 Å². The van der Waals surface area contributed by atoms with Crippen molar-refractivity contribution in [3.63, 3.8) is 0 Å². The first-order valence-electron chi connectivity index (χ1n) is 13.9. The normalized spacial score (nSPS) is 14.9. The minimum absolute atomic E-state index is 0.175. The molecule has 5 rings (SSSR count). The number of hydrogen-bond donors (Lipinski definition) is 2. The van der Waals surface area contributed by atoms with E-state index in [0.717, 1.165) is 36.0 Å². The second kappa shape index (κ2) is 12.5. The maximum absolute atomic E-state index is 13.7. The summed E-state index contributed by atoms with van der Waals surface area (Å²) in [6.07, 6.45) is 4.55. The van der Waals surface area contributed by atoms with Crippen molar-refractivity contribution in [3.05, 3.63) is 111 Å². The van der Waals surface area contributed by atoms with Crippen LogP contribution in [0, 0.1) is 11.3 Å². The molecule has 42 heavy (non-hydrogen) atoms. The zero-order valence-electron chi connectivity index (χ0n) is 23.8. The number of aliphatic imine (C=N–C) groups is 1. The van der Waals surface area contributed by atoms with Crippen LogP contribution in [0.25, 0.3) is 0 Å². The smallest absolute Gasteiger partial charge is 0.335 e. The molecule has 1 aromatic heterocycles. The lowest BCUT2D eigenvalue weighted by Crippen LogP contribution is -2.27. The summed E-state index contributed by atoms with van der Waals surface area (Å²) >= 11 is 7.64. The summed E-state index contributed by atoms with van der Waals surface area (Å²) in [7, 11) is 0. The number of carboxylic acid groups (broad SMARTS) is 1. The van der Waals surface area contributed by atoms with Gasteiger partial charge in [0.25, 0.3) is 5.91 Å². The van der Waals surface area contributed by atoms with Crippen molar-refractivity contribution in [2.45, 2.75) is 46.6 Å². The van der Waals surface area contributed by atoms with Crippen LogP contribution >= 0.6 is 22.9 Å². The van der Waals surface area contributed by atoms with Crippen LogP contribution in [0.15, 0.2) is 77.8 Å². The molecule has 1 aliphatic carbocycles. The molecule has 0 bridgehead atoms. The number of nitrogens with zero attached hydrogens (tertiary/aromatic N) is 1. The van der Waals surface area contributed by atoms with Gasteiger partial charge in [-0.2, -0.15) is 0 Å². The SMILES string of the molecule is CC(C)(C)[C@@H]1CCc2c(sc(N=Cc3ccccc3OCc3ccc(C(=O)O)cc3)c2C(=O)Nc2ccc(Cl)cc2)C1. The van der Waals surface area contributed by atoms with Crippen molar-refractivity contribution >= 4 is 51.7 Å². The lowest BCUT2D eigenvalue weighted by atomic mass is 9.72. The average molecular weight is 601 g/mol. The zero-order valence-corrected chi connectivity index (χ0v) is 25.4. The number of hydrogen-bond acceptors (Lipinski definition) is 5. The Morgan fingerprint density at radius 1 is 1.07 bits per heavy atom. The molecule has 0 spiro atoms. The Balaban J connectivity index is 1.42. The summed E-state index contributed by atoms with van der Waals surface area (Å²) in [6.45, 7) is 7.11. The van der Waals surface area contributed by atoms with Gasteiger partial charge in [-0.3, -0.25) is 4.79 Å². The third-order valence-electron chi connectivity index (χ3n) is 7.64. The molecule has 0 aliphatic heterocycles. The molecule has 216 valence electrons. The van der Waals surface area contributed by atoms with E-state index in [9.17, 15) is 9.59 Å². The highest BCUT2D eigenvalue weighted by Crippen LogP contribution is 2.45. The molecule has 1 aliphatic rings. The second-order valence-electron chi connectivity index (χ2n) is 11.5. The Kier molecular flexibility index (Phi) is 8.80. The van der Waals surface area contributed by atoms with Gasteiger partial charge in [0.15, 0.2) is 0 Å². The third-order valence-corrected chi connectivity index (χ3v) is 9.05. The predicted octanol–water partition coefficient (Wildman–Crippen LogP) is 8.83. The Bertz CT molecular complexity index is 1620. The van der Waals surface area contributed by atoms with Crippen LogP contribution < -0.4 is 10.1 Å². The molecule has 1 amide bonds. The minimum Gasteiger partial charge on any atom is -0.488 e. The number of nitrogens with one attached hydrogen (secondary N) is 1. The fourth-order valence-corrected chi connectivity index (χ4v) is 6.51. The number of anilines is 1. The maximum atomic E-state index is 13.7. The minimum atomic E-state index is -0.963. The number of benzene rings is 3. The number of thiophene rings is 1. The number of fused-ring (bicyclic) bond motifs is 1. The summed E-state index contributed by atoms with van der Waals surface area (Å²) < 4.78 is 6.09. The van der Waals surface area contributed by atoms with Gasteiger partial charge in [-0.15, -0.1) is 11.3 Å². The molecule has 6 nitrogen and oxygen atoms in total. The molecule has 2 N–H and O–H groups in total. The number of halogens is 1. The number of rotatable bonds is 8. The standard InChI is InChI=1S/C34H33ClN2O4S/c1-34(2,3)24-12-17-27-29(18-24)42-32(30(27)31(38)37-26-15-13-25(35)14-16-26)36-19-23-6-4-5-7-28(23)41-20-21-8-10-22(11-9-21)33(39)40/h4-11,13-16,19,24H,12,17-18,20H2,1-3H3,(H,37,38)(H,39,40)/t24-/m1/s1. The van der Waals surface area contributed by atoms with Crippen molar-refractivity contribution in [3.8, 4) is 5.75 Å². The fraction of sp³-hybridized carbons (Fsp3) is 0.265. The number of para-hydroxylation sites is 1. The lowest BCUT2D eigenvalue weighted by Gasteiger charge is -2.33. The quantitative estimate of drug-likeness (QED) is 0.198. The first kappa shape index (κ1) is 29.5. The van der Waals surface area contributed by atoms with Crippen molar-refractivity contribution in [1.82, 2.24) is 0 Å².